The normalized spacial score (nSPS) is 13.9. The summed E-state index contributed by atoms with van der Waals surface area (Å²) in [5, 5.41) is 0. The zero-order valence-electron chi connectivity index (χ0n) is 38.9. The van der Waals surface area contributed by atoms with E-state index in [2.05, 4.69) is 74.6 Å². The number of carbonyl (C=O) groups excluding carboxylic acids is 1. The Morgan fingerprint density at radius 2 is 0.933 bits per heavy atom. The fourth-order valence-corrected chi connectivity index (χ4v) is 7.57. The molecule has 0 amide bonds. The zero-order valence-corrected chi connectivity index (χ0v) is 39.8. The molecular formula is C51H94NO7P. The second-order valence-electron chi connectivity index (χ2n) is 16.3. The third kappa shape index (κ3) is 47.3. The van der Waals surface area contributed by atoms with Crippen LogP contribution in [0.4, 0.5) is 0 Å². The summed E-state index contributed by atoms with van der Waals surface area (Å²) in [6.45, 7) is 4.79. The molecule has 0 fully saturated rings. The smallest absolute Gasteiger partial charge is 0.457 e. The lowest BCUT2D eigenvalue weighted by atomic mass is 10.0. The minimum atomic E-state index is -4.29. The van der Waals surface area contributed by atoms with Crippen molar-refractivity contribution in [1.29, 1.82) is 0 Å². The Hall–Kier alpha value is -1.80. The Bertz CT molecular complexity index is 1110. The van der Waals surface area contributed by atoms with Gasteiger partial charge in [-0.2, -0.15) is 0 Å². The van der Waals surface area contributed by atoms with Crippen LogP contribution in [0.2, 0.25) is 0 Å². The van der Waals surface area contributed by atoms with Gasteiger partial charge in [0.2, 0.25) is 0 Å². The zero-order chi connectivity index (χ0) is 43.7. The van der Waals surface area contributed by atoms with Crippen LogP contribution in [0.15, 0.2) is 60.8 Å². The standard InChI is InChI=1S/C51H94NO7P/c1-3-5-7-9-11-13-15-17-19-20-21-22-23-24-25-26-27-28-29-31-33-35-37-39-41-43-46-56-48-50(49-58-60(54,55)57-47-45-52)59-51(53)44-42-40-38-36-34-32-30-18-16-14-12-10-8-6-4-2/h6,8,12,14-15,17-18,20-21,30,50H,3-5,7,9-11,13,16,19,22-29,31-49,52H2,1-2H3,(H,54,55)/b8-6-,14-12-,17-15-,21-20-,30-18-. The van der Waals surface area contributed by atoms with E-state index < -0.39 is 13.9 Å². The fourth-order valence-electron chi connectivity index (χ4n) is 6.81. The largest absolute Gasteiger partial charge is 0.472 e. The van der Waals surface area contributed by atoms with E-state index in [1.165, 1.54) is 122 Å². The molecule has 0 rings (SSSR count). The molecule has 350 valence electrons. The third-order valence-electron chi connectivity index (χ3n) is 10.4. The maximum atomic E-state index is 12.6. The summed E-state index contributed by atoms with van der Waals surface area (Å²) >= 11 is 0. The lowest BCUT2D eigenvalue weighted by Gasteiger charge is -2.20. The van der Waals surface area contributed by atoms with E-state index in [0.29, 0.717) is 13.0 Å². The molecule has 0 aliphatic carbocycles. The summed E-state index contributed by atoms with van der Waals surface area (Å²) in [6.07, 6.45) is 59.7. The minimum absolute atomic E-state index is 0.0954. The van der Waals surface area contributed by atoms with Gasteiger partial charge in [0, 0.05) is 19.6 Å². The number of rotatable bonds is 47. The van der Waals surface area contributed by atoms with Crippen molar-refractivity contribution < 1.29 is 32.8 Å². The maximum absolute atomic E-state index is 12.6. The van der Waals surface area contributed by atoms with Crippen LogP contribution < -0.4 is 5.73 Å². The molecule has 0 bridgehead atoms. The Morgan fingerprint density at radius 3 is 1.40 bits per heavy atom. The van der Waals surface area contributed by atoms with Crippen LogP contribution in [-0.2, 0) is 27.9 Å². The molecule has 60 heavy (non-hydrogen) atoms. The summed E-state index contributed by atoms with van der Waals surface area (Å²) in [7, 11) is -4.29. The number of nitrogens with two attached hydrogens (primary N) is 1. The van der Waals surface area contributed by atoms with Gasteiger partial charge in [0.1, 0.15) is 6.10 Å². The van der Waals surface area contributed by atoms with Crippen LogP contribution in [0.3, 0.4) is 0 Å². The van der Waals surface area contributed by atoms with Gasteiger partial charge in [0.15, 0.2) is 0 Å². The second kappa shape index (κ2) is 48.2. The van der Waals surface area contributed by atoms with Crippen LogP contribution >= 0.6 is 7.82 Å². The molecule has 8 nitrogen and oxygen atoms in total. The number of allylic oxidation sites excluding steroid dienone is 10. The van der Waals surface area contributed by atoms with Gasteiger partial charge in [-0.15, -0.1) is 0 Å². The topological polar surface area (TPSA) is 117 Å². The van der Waals surface area contributed by atoms with Gasteiger partial charge in [-0.25, -0.2) is 4.57 Å². The summed E-state index contributed by atoms with van der Waals surface area (Å²) in [4.78, 5) is 22.5. The molecule has 0 saturated heterocycles. The minimum Gasteiger partial charge on any atom is -0.457 e. The molecular weight excluding hydrogens is 770 g/mol. The molecule has 0 heterocycles. The van der Waals surface area contributed by atoms with Crippen molar-refractivity contribution >= 4 is 13.8 Å². The number of phosphoric acid groups is 1. The molecule has 0 saturated carbocycles. The van der Waals surface area contributed by atoms with Gasteiger partial charge >= 0.3 is 13.8 Å². The number of carbonyl (C=O) groups is 1. The predicted molar refractivity (Wildman–Crippen MR) is 256 cm³/mol. The predicted octanol–water partition coefficient (Wildman–Crippen LogP) is 15.3. The number of hydrogen-bond acceptors (Lipinski definition) is 7. The number of hydrogen-bond donors (Lipinski definition) is 2. The number of ether oxygens (including phenoxy) is 2. The SMILES string of the molecule is CC/C=C\C/C=C\C/C=C\CCCCCCCC(=O)OC(COCCCCCCCCCCCCCCCC/C=C\C/C=C\CCCCCCC)COP(=O)(O)OCCN. The van der Waals surface area contributed by atoms with Crippen molar-refractivity contribution in [2.75, 3.05) is 33.0 Å². The number of esters is 1. The first kappa shape index (κ1) is 58.2. The molecule has 2 atom stereocenters. The van der Waals surface area contributed by atoms with Crippen molar-refractivity contribution in [1.82, 2.24) is 0 Å². The summed E-state index contributed by atoms with van der Waals surface area (Å²) in [5.74, 6) is -0.347. The van der Waals surface area contributed by atoms with E-state index in [4.69, 9.17) is 24.3 Å². The molecule has 0 aromatic carbocycles. The van der Waals surface area contributed by atoms with Crippen LogP contribution in [0, 0.1) is 0 Å². The van der Waals surface area contributed by atoms with E-state index in [-0.39, 0.29) is 32.3 Å². The summed E-state index contributed by atoms with van der Waals surface area (Å²) in [6, 6.07) is 0. The van der Waals surface area contributed by atoms with E-state index in [9.17, 15) is 14.3 Å². The van der Waals surface area contributed by atoms with Gasteiger partial charge in [-0.05, 0) is 77.0 Å². The number of phosphoric ester groups is 1. The number of unbranched alkanes of at least 4 members (excludes halogenated alkanes) is 24. The van der Waals surface area contributed by atoms with E-state index in [1.807, 2.05) is 0 Å². The Kier molecular flexibility index (Phi) is 46.8. The van der Waals surface area contributed by atoms with E-state index in [0.717, 1.165) is 77.0 Å². The van der Waals surface area contributed by atoms with Crippen LogP contribution in [0.5, 0.6) is 0 Å². The van der Waals surface area contributed by atoms with Crippen LogP contribution in [0.25, 0.3) is 0 Å². The maximum Gasteiger partial charge on any atom is 0.472 e. The average molecular weight is 864 g/mol. The fraction of sp³-hybridized carbons (Fsp3) is 0.784. The van der Waals surface area contributed by atoms with Gasteiger partial charge in [0.25, 0.3) is 0 Å². The first-order chi connectivity index (χ1) is 29.4. The van der Waals surface area contributed by atoms with Gasteiger partial charge < -0.3 is 20.1 Å². The van der Waals surface area contributed by atoms with Crippen molar-refractivity contribution in [3.8, 4) is 0 Å². The molecule has 0 aliphatic heterocycles. The molecule has 2 unspecified atom stereocenters. The Morgan fingerprint density at radius 1 is 0.517 bits per heavy atom. The van der Waals surface area contributed by atoms with Crippen LogP contribution in [0.1, 0.15) is 219 Å². The van der Waals surface area contributed by atoms with Gasteiger partial charge in [-0.1, -0.05) is 197 Å². The lowest BCUT2D eigenvalue weighted by molar-refractivity contribution is -0.154. The van der Waals surface area contributed by atoms with Gasteiger partial charge in [-0.3, -0.25) is 13.8 Å². The molecule has 0 aromatic heterocycles. The van der Waals surface area contributed by atoms with Crippen LogP contribution in [-0.4, -0.2) is 49.9 Å². The van der Waals surface area contributed by atoms with Crippen molar-refractivity contribution in [3.63, 3.8) is 0 Å². The highest BCUT2D eigenvalue weighted by Gasteiger charge is 2.25. The molecule has 0 aliphatic rings. The monoisotopic (exact) mass is 864 g/mol. The molecule has 0 radical (unpaired) electrons. The Balaban J connectivity index is 3.91. The molecule has 9 heteroatoms. The van der Waals surface area contributed by atoms with E-state index >= 15 is 0 Å². The third-order valence-corrected chi connectivity index (χ3v) is 11.4. The molecule has 3 N–H and O–H groups in total. The average Bonchev–Trinajstić information content (AvgIpc) is 3.24. The van der Waals surface area contributed by atoms with Gasteiger partial charge in [0.05, 0.1) is 19.8 Å². The summed E-state index contributed by atoms with van der Waals surface area (Å²) < 4.78 is 33.5. The molecule has 0 aromatic rings. The lowest BCUT2D eigenvalue weighted by Crippen LogP contribution is -2.28. The summed E-state index contributed by atoms with van der Waals surface area (Å²) in [5.41, 5.74) is 5.38. The highest BCUT2D eigenvalue weighted by molar-refractivity contribution is 7.47. The van der Waals surface area contributed by atoms with Crippen molar-refractivity contribution in [2.24, 2.45) is 5.73 Å². The quantitative estimate of drug-likeness (QED) is 0.0269. The van der Waals surface area contributed by atoms with E-state index in [1.54, 1.807) is 0 Å². The van der Waals surface area contributed by atoms with Crippen molar-refractivity contribution in [3.05, 3.63) is 60.8 Å². The van der Waals surface area contributed by atoms with Crippen molar-refractivity contribution in [2.45, 2.75) is 225 Å². The Labute approximate surface area is 370 Å². The highest BCUT2D eigenvalue weighted by atomic mass is 31.2. The first-order valence-electron chi connectivity index (χ1n) is 24.8. The first-order valence-corrected chi connectivity index (χ1v) is 26.3. The highest BCUT2D eigenvalue weighted by Crippen LogP contribution is 2.43. The second-order valence-corrected chi connectivity index (χ2v) is 17.7. The molecule has 0 spiro atoms.